The van der Waals surface area contributed by atoms with E-state index in [1.165, 1.54) is 32.1 Å². The molecule has 0 unspecified atom stereocenters. The molecule has 0 atom stereocenters. The smallest absolute Gasteiger partial charge is 0.314 e. The number of carbonyl (C=O) groups is 2. The fourth-order valence-corrected chi connectivity index (χ4v) is 1.95. The second-order valence-corrected chi connectivity index (χ2v) is 5.15. The van der Waals surface area contributed by atoms with Crippen LogP contribution in [0.4, 0.5) is 4.79 Å². The SMILES string of the molecule is CCCCCCCCNC(=O)NCCCCCC(=O)O. The highest BCUT2D eigenvalue weighted by Crippen LogP contribution is 2.04. The summed E-state index contributed by atoms with van der Waals surface area (Å²) < 4.78 is 0. The van der Waals surface area contributed by atoms with Gasteiger partial charge in [-0.3, -0.25) is 4.79 Å². The van der Waals surface area contributed by atoms with Crippen molar-refractivity contribution >= 4 is 12.0 Å². The zero-order valence-corrected chi connectivity index (χ0v) is 12.7. The van der Waals surface area contributed by atoms with Crippen molar-refractivity contribution in [3.8, 4) is 0 Å². The molecule has 0 bridgehead atoms. The molecular weight excluding hydrogens is 256 g/mol. The lowest BCUT2D eigenvalue weighted by molar-refractivity contribution is -0.137. The molecule has 0 aromatic rings. The van der Waals surface area contributed by atoms with Crippen molar-refractivity contribution in [2.75, 3.05) is 13.1 Å². The topological polar surface area (TPSA) is 78.4 Å². The molecule has 0 rings (SSSR count). The molecule has 0 fully saturated rings. The summed E-state index contributed by atoms with van der Waals surface area (Å²) in [5.41, 5.74) is 0. The summed E-state index contributed by atoms with van der Waals surface area (Å²) in [4.78, 5) is 21.7. The van der Waals surface area contributed by atoms with Crippen LogP contribution >= 0.6 is 0 Å². The van der Waals surface area contributed by atoms with E-state index in [1.807, 2.05) is 0 Å². The molecule has 20 heavy (non-hydrogen) atoms. The van der Waals surface area contributed by atoms with Gasteiger partial charge < -0.3 is 15.7 Å². The van der Waals surface area contributed by atoms with E-state index in [1.54, 1.807) is 0 Å². The maximum absolute atomic E-state index is 11.4. The summed E-state index contributed by atoms with van der Waals surface area (Å²) in [7, 11) is 0. The molecule has 0 radical (unpaired) electrons. The lowest BCUT2D eigenvalue weighted by Gasteiger charge is -2.07. The molecular formula is C15H30N2O3. The van der Waals surface area contributed by atoms with Gasteiger partial charge in [0.1, 0.15) is 0 Å². The number of carbonyl (C=O) groups excluding carboxylic acids is 1. The minimum atomic E-state index is -0.755. The van der Waals surface area contributed by atoms with Crippen LogP contribution in [0, 0.1) is 0 Å². The molecule has 0 heterocycles. The maximum Gasteiger partial charge on any atom is 0.314 e. The lowest BCUT2D eigenvalue weighted by Crippen LogP contribution is -2.36. The second-order valence-electron chi connectivity index (χ2n) is 5.15. The highest BCUT2D eigenvalue weighted by Gasteiger charge is 1.99. The van der Waals surface area contributed by atoms with Crippen LogP contribution in [-0.2, 0) is 4.79 Å². The van der Waals surface area contributed by atoms with Gasteiger partial charge in [0.05, 0.1) is 0 Å². The third-order valence-electron chi connectivity index (χ3n) is 3.17. The van der Waals surface area contributed by atoms with Crippen molar-refractivity contribution in [1.82, 2.24) is 10.6 Å². The van der Waals surface area contributed by atoms with E-state index >= 15 is 0 Å². The largest absolute Gasteiger partial charge is 0.481 e. The molecule has 0 aliphatic heterocycles. The predicted molar refractivity (Wildman–Crippen MR) is 80.9 cm³/mol. The summed E-state index contributed by atoms with van der Waals surface area (Å²) in [5.74, 6) is -0.755. The number of amides is 2. The van der Waals surface area contributed by atoms with Gasteiger partial charge in [-0.2, -0.15) is 0 Å². The van der Waals surface area contributed by atoms with Gasteiger partial charge in [0.15, 0.2) is 0 Å². The summed E-state index contributed by atoms with van der Waals surface area (Å²) in [6, 6.07) is -0.114. The molecule has 0 aromatic heterocycles. The van der Waals surface area contributed by atoms with E-state index in [2.05, 4.69) is 17.6 Å². The van der Waals surface area contributed by atoms with Crippen molar-refractivity contribution in [2.24, 2.45) is 0 Å². The standard InChI is InChI=1S/C15H30N2O3/c1-2-3-4-5-6-9-12-16-15(20)17-13-10-7-8-11-14(18)19/h2-13H2,1H3,(H,18,19)(H2,16,17,20). The van der Waals surface area contributed by atoms with Crippen molar-refractivity contribution in [3.05, 3.63) is 0 Å². The maximum atomic E-state index is 11.4. The Hall–Kier alpha value is -1.26. The third kappa shape index (κ3) is 14.8. The average Bonchev–Trinajstić information content (AvgIpc) is 2.41. The van der Waals surface area contributed by atoms with E-state index in [9.17, 15) is 9.59 Å². The molecule has 118 valence electrons. The minimum absolute atomic E-state index is 0.114. The summed E-state index contributed by atoms with van der Waals surface area (Å²) in [6.07, 6.45) is 9.87. The van der Waals surface area contributed by atoms with Gasteiger partial charge in [-0.05, 0) is 19.3 Å². The molecule has 3 N–H and O–H groups in total. The van der Waals surface area contributed by atoms with Crippen molar-refractivity contribution in [3.63, 3.8) is 0 Å². The molecule has 2 amide bonds. The number of carboxylic acid groups (broad SMARTS) is 1. The number of aliphatic carboxylic acids is 1. The molecule has 0 spiro atoms. The molecule has 0 saturated carbocycles. The first-order valence-electron chi connectivity index (χ1n) is 7.90. The van der Waals surface area contributed by atoms with Crippen LogP contribution in [0.1, 0.15) is 71.1 Å². The summed E-state index contributed by atoms with van der Waals surface area (Å²) >= 11 is 0. The molecule has 5 nitrogen and oxygen atoms in total. The Morgan fingerprint density at radius 2 is 1.30 bits per heavy atom. The molecule has 0 aromatic carbocycles. The lowest BCUT2D eigenvalue weighted by atomic mass is 10.1. The second kappa shape index (κ2) is 14.2. The van der Waals surface area contributed by atoms with E-state index < -0.39 is 5.97 Å². The Kier molecular flexibility index (Phi) is 13.3. The number of nitrogens with one attached hydrogen (secondary N) is 2. The van der Waals surface area contributed by atoms with Crippen LogP contribution in [0.2, 0.25) is 0 Å². The fourth-order valence-electron chi connectivity index (χ4n) is 1.95. The van der Waals surface area contributed by atoms with E-state index in [4.69, 9.17) is 5.11 Å². The van der Waals surface area contributed by atoms with Crippen molar-refractivity contribution in [1.29, 1.82) is 0 Å². The first kappa shape index (κ1) is 18.7. The fraction of sp³-hybridized carbons (Fsp3) is 0.867. The van der Waals surface area contributed by atoms with Crippen LogP contribution in [0.3, 0.4) is 0 Å². The number of hydrogen-bond acceptors (Lipinski definition) is 2. The van der Waals surface area contributed by atoms with Gasteiger partial charge in [-0.25, -0.2) is 4.79 Å². The minimum Gasteiger partial charge on any atom is -0.481 e. The zero-order chi connectivity index (χ0) is 15.1. The van der Waals surface area contributed by atoms with Crippen LogP contribution in [-0.4, -0.2) is 30.2 Å². The van der Waals surface area contributed by atoms with Gasteiger partial charge in [0, 0.05) is 19.5 Å². The Morgan fingerprint density at radius 1 is 0.800 bits per heavy atom. The van der Waals surface area contributed by atoms with Gasteiger partial charge in [0.2, 0.25) is 0 Å². The van der Waals surface area contributed by atoms with Crippen molar-refractivity contribution < 1.29 is 14.7 Å². The predicted octanol–water partition coefficient (Wildman–Crippen LogP) is 3.29. The molecule has 5 heteroatoms. The summed E-state index contributed by atoms with van der Waals surface area (Å²) in [5, 5.41) is 14.1. The molecule has 0 saturated heterocycles. The Balaban J connectivity index is 3.19. The summed E-state index contributed by atoms with van der Waals surface area (Å²) in [6.45, 7) is 3.55. The molecule has 0 aliphatic rings. The highest BCUT2D eigenvalue weighted by molar-refractivity contribution is 5.73. The number of carboxylic acids is 1. The van der Waals surface area contributed by atoms with Crippen LogP contribution in [0.25, 0.3) is 0 Å². The first-order chi connectivity index (χ1) is 9.66. The van der Waals surface area contributed by atoms with Crippen LogP contribution in [0.15, 0.2) is 0 Å². The van der Waals surface area contributed by atoms with Crippen LogP contribution < -0.4 is 10.6 Å². The van der Waals surface area contributed by atoms with E-state index in [0.717, 1.165) is 25.8 Å². The van der Waals surface area contributed by atoms with Gasteiger partial charge in [0.25, 0.3) is 0 Å². The first-order valence-corrected chi connectivity index (χ1v) is 7.90. The van der Waals surface area contributed by atoms with Gasteiger partial charge in [-0.1, -0.05) is 45.4 Å². The zero-order valence-electron chi connectivity index (χ0n) is 12.7. The Morgan fingerprint density at radius 3 is 1.85 bits per heavy atom. The van der Waals surface area contributed by atoms with Crippen LogP contribution in [0.5, 0.6) is 0 Å². The number of rotatable bonds is 13. The average molecular weight is 286 g/mol. The van der Waals surface area contributed by atoms with Gasteiger partial charge >= 0.3 is 12.0 Å². The molecule has 0 aliphatic carbocycles. The third-order valence-corrected chi connectivity index (χ3v) is 3.17. The van der Waals surface area contributed by atoms with Gasteiger partial charge in [-0.15, -0.1) is 0 Å². The quantitative estimate of drug-likeness (QED) is 0.455. The normalized spacial score (nSPS) is 10.2. The van der Waals surface area contributed by atoms with Crippen molar-refractivity contribution in [2.45, 2.75) is 71.1 Å². The number of urea groups is 1. The Bertz CT molecular complexity index is 258. The monoisotopic (exact) mass is 286 g/mol. The highest BCUT2D eigenvalue weighted by atomic mass is 16.4. The van der Waals surface area contributed by atoms with E-state index in [0.29, 0.717) is 13.0 Å². The Labute approximate surface area is 122 Å². The van der Waals surface area contributed by atoms with E-state index in [-0.39, 0.29) is 12.5 Å². The number of unbranched alkanes of at least 4 members (excludes halogenated alkanes) is 7. The number of hydrogen-bond donors (Lipinski definition) is 3.